The van der Waals surface area contributed by atoms with Crippen molar-refractivity contribution in [3.8, 4) is 5.75 Å². The van der Waals surface area contributed by atoms with Crippen molar-refractivity contribution in [3.63, 3.8) is 0 Å². The van der Waals surface area contributed by atoms with Crippen molar-refractivity contribution in [2.75, 3.05) is 39.9 Å². The van der Waals surface area contributed by atoms with Gasteiger partial charge in [0.25, 0.3) is 5.91 Å². The second kappa shape index (κ2) is 9.11. The molecule has 5 nitrogen and oxygen atoms in total. The van der Waals surface area contributed by atoms with E-state index in [9.17, 15) is 4.79 Å². The zero-order valence-corrected chi connectivity index (χ0v) is 14.5. The number of carbonyl (C=O) groups is 1. The monoisotopic (exact) mass is 340 g/mol. The molecule has 1 aliphatic rings. The summed E-state index contributed by atoms with van der Waals surface area (Å²) < 4.78 is 10.7. The van der Waals surface area contributed by atoms with E-state index in [4.69, 9.17) is 21.1 Å². The molecule has 1 saturated heterocycles. The van der Waals surface area contributed by atoms with Gasteiger partial charge in [-0.15, -0.1) is 0 Å². The summed E-state index contributed by atoms with van der Waals surface area (Å²) in [5.74, 6) is 1.00. The first-order valence-corrected chi connectivity index (χ1v) is 8.37. The minimum Gasteiger partial charge on any atom is -0.481 e. The number of methoxy groups -OCH3 is 1. The Balaban J connectivity index is 1.70. The second-order valence-electron chi connectivity index (χ2n) is 5.91. The molecule has 2 atom stereocenters. The number of benzene rings is 1. The van der Waals surface area contributed by atoms with E-state index in [0.29, 0.717) is 23.2 Å². The molecule has 0 aromatic heterocycles. The van der Waals surface area contributed by atoms with Crippen LogP contribution in [0.3, 0.4) is 0 Å². The third-order valence-electron chi connectivity index (χ3n) is 4.02. The molecule has 1 heterocycles. The topological polar surface area (TPSA) is 50.8 Å². The molecule has 1 aromatic rings. The second-order valence-corrected chi connectivity index (χ2v) is 6.35. The van der Waals surface area contributed by atoms with Crippen LogP contribution in [0.4, 0.5) is 0 Å². The van der Waals surface area contributed by atoms with Crippen LogP contribution in [0.15, 0.2) is 24.3 Å². The highest BCUT2D eigenvalue weighted by Gasteiger charge is 2.23. The van der Waals surface area contributed by atoms with Gasteiger partial charge in [-0.3, -0.25) is 4.79 Å². The van der Waals surface area contributed by atoms with Crippen molar-refractivity contribution in [1.29, 1.82) is 0 Å². The van der Waals surface area contributed by atoms with E-state index in [1.54, 1.807) is 38.3 Å². The van der Waals surface area contributed by atoms with Crippen molar-refractivity contribution in [2.24, 2.45) is 5.92 Å². The molecule has 0 aliphatic carbocycles. The van der Waals surface area contributed by atoms with E-state index in [1.807, 2.05) is 0 Å². The van der Waals surface area contributed by atoms with Gasteiger partial charge in [-0.25, -0.2) is 0 Å². The minimum absolute atomic E-state index is 0.0969. The fourth-order valence-electron chi connectivity index (χ4n) is 2.69. The van der Waals surface area contributed by atoms with E-state index in [1.165, 1.54) is 0 Å². The summed E-state index contributed by atoms with van der Waals surface area (Å²) in [6.07, 6.45) is 0.563. The Kier molecular flexibility index (Phi) is 7.15. The van der Waals surface area contributed by atoms with Crippen LogP contribution in [0.2, 0.25) is 5.02 Å². The lowest BCUT2D eigenvalue weighted by Gasteiger charge is -2.18. The number of nitrogens with one attached hydrogen (secondary N) is 1. The molecule has 1 amide bonds. The van der Waals surface area contributed by atoms with Crippen molar-refractivity contribution >= 4 is 17.5 Å². The van der Waals surface area contributed by atoms with Crippen molar-refractivity contribution in [1.82, 2.24) is 10.2 Å². The van der Waals surface area contributed by atoms with Gasteiger partial charge in [-0.2, -0.15) is 0 Å². The first-order chi connectivity index (χ1) is 11.1. The van der Waals surface area contributed by atoms with Crippen LogP contribution in [0.25, 0.3) is 0 Å². The van der Waals surface area contributed by atoms with Crippen LogP contribution in [-0.4, -0.2) is 56.8 Å². The Bertz CT molecular complexity index is 512. The summed E-state index contributed by atoms with van der Waals surface area (Å²) >= 11 is 5.91. The van der Waals surface area contributed by atoms with E-state index in [-0.39, 0.29) is 5.91 Å². The Labute approximate surface area is 142 Å². The summed E-state index contributed by atoms with van der Waals surface area (Å²) in [5, 5.41) is 3.58. The lowest BCUT2D eigenvalue weighted by molar-refractivity contribution is -0.127. The van der Waals surface area contributed by atoms with Crippen molar-refractivity contribution in [3.05, 3.63) is 29.3 Å². The first-order valence-electron chi connectivity index (χ1n) is 7.99. The van der Waals surface area contributed by atoms with Crippen LogP contribution < -0.4 is 10.1 Å². The van der Waals surface area contributed by atoms with Gasteiger partial charge in [-0.1, -0.05) is 17.7 Å². The zero-order valence-electron chi connectivity index (χ0n) is 13.8. The molecule has 0 unspecified atom stereocenters. The molecule has 1 aromatic carbocycles. The van der Waals surface area contributed by atoms with Crippen molar-refractivity contribution in [2.45, 2.75) is 19.4 Å². The average molecular weight is 341 g/mol. The van der Waals surface area contributed by atoms with Gasteiger partial charge >= 0.3 is 0 Å². The summed E-state index contributed by atoms with van der Waals surface area (Å²) in [6, 6.07) is 7.07. The van der Waals surface area contributed by atoms with Crippen LogP contribution in [0.1, 0.15) is 13.3 Å². The fourth-order valence-corrected chi connectivity index (χ4v) is 2.87. The van der Waals surface area contributed by atoms with Gasteiger partial charge in [0.1, 0.15) is 5.75 Å². The predicted octanol–water partition coefficient (Wildman–Crippen LogP) is 2.19. The number of carbonyl (C=O) groups excluding carboxylic acids is 1. The summed E-state index contributed by atoms with van der Waals surface area (Å²) in [5.41, 5.74) is 0. The van der Waals surface area contributed by atoms with Gasteiger partial charge in [0.05, 0.1) is 6.61 Å². The smallest absolute Gasteiger partial charge is 0.260 e. The maximum Gasteiger partial charge on any atom is 0.260 e. The number of hydrogen-bond donors (Lipinski definition) is 1. The Hall–Kier alpha value is -1.30. The van der Waals surface area contributed by atoms with Crippen LogP contribution in [0, 0.1) is 5.92 Å². The molecule has 6 heteroatoms. The molecular weight excluding hydrogens is 316 g/mol. The maximum absolute atomic E-state index is 12.1. The number of likely N-dealkylation sites (tertiary alicyclic amines) is 1. The Morgan fingerprint density at radius 1 is 1.52 bits per heavy atom. The van der Waals surface area contributed by atoms with E-state index in [0.717, 1.165) is 32.7 Å². The van der Waals surface area contributed by atoms with Crippen LogP contribution in [0.5, 0.6) is 5.75 Å². The largest absolute Gasteiger partial charge is 0.481 e. The molecule has 0 bridgehead atoms. The van der Waals surface area contributed by atoms with Gasteiger partial charge in [0, 0.05) is 31.8 Å². The summed E-state index contributed by atoms with van der Waals surface area (Å²) in [7, 11) is 1.72. The van der Waals surface area contributed by atoms with E-state index in [2.05, 4.69) is 10.2 Å². The van der Waals surface area contributed by atoms with E-state index < -0.39 is 6.10 Å². The molecular formula is C17H25ClN2O3. The molecule has 0 radical (unpaired) electrons. The SMILES string of the molecule is COCCN1CC[C@@H](CNC(=O)[C@@H](C)Oc2cccc(Cl)c2)C1. The standard InChI is InChI=1S/C17H25ClN2O3/c1-13(23-16-5-3-4-15(18)10-16)17(21)19-11-14-6-7-20(12-14)8-9-22-2/h3-5,10,13-14H,6-9,11-12H2,1-2H3,(H,19,21)/t13-,14+/m1/s1. The van der Waals surface area contributed by atoms with Crippen LogP contribution in [-0.2, 0) is 9.53 Å². The molecule has 128 valence electrons. The lowest BCUT2D eigenvalue weighted by atomic mass is 10.1. The van der Waals surface area contributed by atoms with Gasteiger partial charge in [0.15, 0.2) is 6.10 Å². The number of rotatable bonds is 8. The molecule has 0 saturated carbocycles. The number of nitrogens with zero attached hydrogens (tertiary/aromatic N) is 1. The highest BCUT2D eigenvalue weighted by atomic mass is 35.5. The zero-order chi connectivity index (χ0) is 16.7. The van der Waals surface area contributed by atoms with Crippen molar-refractivity contribution < 1.29 is 14.3 Å². The van der Waals surface area contributed by atoms with Gasteiger partial charge in [-0.05, 0) is 44.0 Å². The number of ether oxygens (including phenoxy) is 2. The van der Waals surface area contributed by atoms with E-state index >= 15 is 0 Å². The normalized spacial score (nSPS) is 19.5. The van der Waals surface area contributed by atoms with Crippen LogP contribution >= 0.6 is 11.6 Å². The fraction of sp³-hybridized carbons (Fsp3) is 0.588. The molecule has 0 spiro atoms. The molecule has 2 rings (SSSR count). The average Bonchev–Trinajstić information content (AvgIpc) is 2.98. The number of hydrogen-bond acceptors (Lipinski definition) is 4. The number of halogens is 1. The molecule has 1 fully saturated rings. The summed E-state index contributed by atoms with van der Waals surface area (Å²) in [6.45, 7) is 6.21. The quantitative estimate of drug-likeness (QED) is 0.788. The molecule has 23 heavy (non-hydrogen) atoms. The Morgan fingerprint density at radius 3 is 3.09 bits per heavy atom. The van der Waals surface area contributed by atoms with Gasteiger partial charge < -0.3 is 19.7 Å². The number of amides is 1. The predicted molar refractivity (Wildman–Crippen MR) is 91.0 cm³/mol. The molecule has 1 N–H and O–H groups in total. The Morgan fingerprint density at radius 2 is 2.35 bits per heavy atom. The summed E-state index contributed by atoms with van der Waals surface area (Å²) in [4.78, 5) is 14.5. The molecule has 1 aliphatic heterocycles. The lowest BCUT2D eigenvalue weighted by Crippen LogP contribution is -2.39. The highest BCUT2D eigenvalue weighted by molar-refractivity contribution is 6.30. The third kappa shape index (κ3) is 6.01. The first kappa shape index (κ1) is 18.0. The van der Waals surface area contributed by atoms with Gasteiger partial charge in [0.2, 0.25) is 0 Å². The highest BCUT2D eigenvalue weighted by Crippen LogP contribution is 2.18. The minimum atomic E-state index is -0.542. The maximum atomic E-state index is 12.1. The third-order valence-corrected chi connectivity index (χ3v) is 4.26.